The van der Waals surface area contributed by atoms with E-state index in [4.69, 9.17) is 14.6 Å². The molecule has 1 N–H and O–H groups in total. The number of hydrogen-bond donors (Lipinski definition) is 1. The molecule has 0 aromatic heterocycles. The van der Waals surface area contributed by atoms with Crippen molar-refractivity contribution in [1.29, 1.82) is 0 Å². The van der Waals surface area contributed by atoms with Gasteiger partial charge in [0, 0.05) is 19.2 Å². The molecule has 6 nitrogen and oxygen atoms in total. The van der Waals surface area contributed by atoms with Crippen molar-refractivity contribution < 1.29 is 24.2 Å². The van der Waals surface area contributed by atoms with E-state index in [1.54, 1.807) is 49.4 Å². The van der Waals surface area contributed by atoms with Crippen molar-refractivity contribution in [3.63, 3.8) is 0 Å². The quantitative estimate of drug-likeness (QED) is 0.782. The van der Waals surface area contributed by atoms with Crippen molar-refractivity contribution >= 4 is 11.9 Å². The first-order chi connectivity index (χ1) is 13.5. The van der Waals surface area contributed by atoms with Crippen LogP contribution in [0.2, 0.25) is 0 Å². The highest BCUT2D eigenvalue weighted by molar-refractivity contribution is 5.94. The molecule has 0 radical (unpaired) electrons. The van der Waals surface area contributed by atoms with Crippen molar-refractivity contribution in [2.45, 2.75) is 38.3 Å². The zero-order valence-electron chi connectivity index (χ0n) is 16.2. The van der Waals surface area contributed by atoms with Gasteiger partial charge in [-0.1, -0.05) is 12.1 Å². The minimum atomic E-state index is -0.969. The van der Waals surface area contributed by atoms with Crippen LogP contribution in [0.5, 0.6) is 11.5 Å². The van der Waals surface area contributed by atoms with Gasteiger partial charge in [-0.3, -0.25) is 4.79 Å². The molecule has 2 aromatic carbocycles. The van der Waals surface area contributed by atoms with Gasteiger partial charge in [0.1, 0.15) is 0 Å². The number of rotatable bonds is 7. The van der Waals surface area contributed by atoms with Crippen LogP contribution in [0.4, 0.5) is 0 Å². The Morgan fingerprint density at radius 1 is 1.04 bits per heavy atom. The molecule has 0 aliphatic heterocycles. The highest BCUT2D eigenvalue weighted by Crippen LogP contribution is 2.32. The van der Waals surface area contributed by atoms with E-state index >= 15 is 0 Å². The van der Waals surface area contributed by atoms with Gasteiger partial charge in [-0.15, -0.1) is 0 Å². The SMILES string of the molecule is COc1ccc(C(=O)N(C)Cc2ccc(C(=O)O)cc2)cc1OC1CCCC1. The Labute approximate surface area is 164 Å². The van der Waals surface area contributed by atoms with Gasteiger partial charge in [0.15, 0.2) is 11.5 Å². The number of carboxylic acids is 1. The van der Waals surface area contributed by atoms with E-state index in [0.29, 0.717) is 23.6 Å². The molecule has 148 valence electrons. The number of carbonyl (C=O) groups excluding carboxylic acids is 1. The van der Waals surface area contributed by atoms with E-state index < -0.39 is 5.97 Å². The number of nitrogens with zero attached hydrogens (tertiary/aromatic N) is 1. The topological polar surface area (TPSA) is 76.1 Å². The minimum Gasteiger partial charge on any atom is -0.493 e. The second kappa shape index (κ2) is 8.78. The molecule has 1 saturated carbocycles. The Kier molecular flexibility index (Phi) is 6.19. The zero-order chi connectivity index (χ0) is 20.1. The standard InChI is InChI=1S/C22H25NO5/c1-23(14-15-7-9-16(10-8-15)22(25)26)21(24)17-11-12-19(27-2)20(13-17)28-18-5-3-4-6-18/h7-13,18H,3-6,14H2,1-2H3,(H,25,26). The molecule has 1 aliphatic rings. The Morgan fingerprint density at radius 2 is 1.68 bits per heavy atom. The summed E-state index contributed by atoms with van der Waals surface area (Å²) in [6, 6.07) is 11.7. The highest BCUT2D eigenvalue weighted by Gasteiger charge is 2.20. The predicted molar refractivity (Wildman–Crippen MR) is 105 cm³/mol. The second-order valence-corrected chi connectivity index (χ2v) is 7.05. The van der Waals surface area contributed by atoms with Crippen LogP contribution in [0.3, 0.4) is 0 Å². The number of carbonyl (C=O) groups is 2. The molecule has 3 rings (SSSR count). The summed E-state index contributed by atoms with van der Waals surface area (Å²) in [5.74, 6) is 0.111. The van der Waals surface area contributed by atoms with E-state index in [9.17, 15) is 9.59 Å². The van der Waals surface area contributed by atoms with Crippen molar-refractivity contribution in [2.75, 3.05) is 14.2 Å². The van der Waals surface area contributed by atoms with E-state index in [1.807, 2.05) is 0 Å². The molecule has 0 atom stereocenters. The van der Waals surface area contributed by atoms with Gasteiger partial charge < -0.3 is 19.5 Å². The predicted octanol–water partition coefficient (Wildman–Crippen LogP) is 3.99. The first kappa shape index (κ1) is 19.7. The molecule has 28 heavy (non-hydrogen) atoms. The van der Waals surface area contributed by atoms with Gasteiger partial charge in [-0.2, -0.15) is 0 Å². The highest BCUT2D eigenvalue weighted by atomic mass is 16.5. The van der Waals surface area contributed by atoms with Crippen molar-refractivity contribution in [3.05, 3.63) is 59.2 Å². The average molecular weight is 383 g/mol. The van der Waals surface area contributed by atoms with E-state index in [1.165, 1.54) is 12.1 Å². The van der Waals surface area contributed by atoms with E-state index in [2.05, 4.69) is 0 Å². The summed E-state index contributed by atoms with van der Waals surface area (Å²) in [4.78, 5) is 25.4. The summed E-state index contributed by atoms with van der Waals surface area (Å²) in [6.07, 6.45) is 4.54. The fraction of sp³-hybridized carbons (Fsp3) is 0.364. The van der Waals surface area contributed by atoms with Crippen LogP contribution in [-0.2, 0) is 6.54 Å². The summed E-state index contributed by atoms with van der Waals surface area (Å²) in [5.41, 5.74) is 1.61. The maximum atomic E-state index is 12.8. The maximum Gasteiger partial charge on any atom is 0.335 e. The van der Waals surface area contributed by atoms with E-state index in [-0.39, 0.29) is 17.6 Å². The normalized spacial score (nSPS) is 13.9. The number of ether oxygens (including phenoxy) is 2. The summed E-state index contributed by atoms with van der Waals surface area (Å²) >= 11 is 0. The third-order valence-corrected chi connectivity index (χ3v) is 4.97. The van der Waals surface area contributed by atoms with Crippen molar-refractivity contribution in [2.24, 2.45) is 0 Å². The first-order valence-electron chi connectivity index (χ1n) is 9.40. The lowest BCUT2D eigenvalue weighted by molar-refractivity contribution is 0.0695. The summed E-state index contributed by atoms with van der Waals surface area (Å²) in [7, 11) is 3.31. The molecule has 0 heterocycles. The number of carboxylic acid groups (broad SMARTS) is 1. The lowest BCUT2D eigenvalue weighted by atomic mass is 10.1. The lowest BCUT2D eigenvalue weighted by Gasteiger charge is -2.20. The summed E-state index contributed by atoms with van der Waals surface area (Å²) in [6.45, 7) is 0.379. The van der Waals surface area contributed by atoms with Crippen molar-refractivity contribution in [3.8, 4) is 11.5 Å². The number of methoxy groups -OCH3 is 1. The summed E-state index contributed by atoms with van der Waals surface area (Å²) < 4.78 is 11.4. The van der Waals surface area contributed by atoms with Crippen LogP contribution >= 0.6 is 0 Å². The van der Waals surface area contributed by atoms with Crippen LogP contribution < -0.4 is 9.47 Å². The van der Waals surface area contributed by atoms with Crippen LogP contribution in [0, 0.1) is 0 Å². The smallest absolute Gasteiger partial charge is 0.335 e. The van der Waals surface area contributed by atoms with Crippen LogP contribution in [0.25, 0.3) is 0 Å². The van der Waals surface area contributed by atoms with Gasteiger partial charge in [-0.25, -0.2) is 4.79 Å². The fourth-order valence-corrected chi connectivity index (χ4v) is 3.41. The van der Waals surface area contributed by atoms with Crippen LogP contribution in [0.1, 0.15) is 52.0 Å². The Balaban J connectivity index is 1.72. The van der Waals surface area contributed by atoms with Gasteiger partial charge in [0.2, 0.25) is 0 Å². The monoisotopic (exact) mass is 383 g/mol. The molecule has 0 bridgehead atoms. The second-order valence-electron chi connectivity index (χ2n) is 7.05. The molecule has 0 saturated heterocycles. The number of amides is 1. The largest absolute Gasteiger partial charge is 0.493 e. The minimum absolute atomic E-state index is 0.138. The lowest BCUT2D eigenvalue weighted by Crippen LogP contribution is -2.26. The van der Waals surface area contributed by atoms with Crippen LogP contribution in [-0.4, -0.2) is 42.1 Å². The molecule has 1 fully saturated rings. The summed E-state index contributed by atoms with van der Waals surface area (Å²) in [5, 5.41) is 8.98. The molecular formula is C22H25NO5. The Bertz CT molecular complexity index is 841. The molecule has 6 heteroatoms. The molecule has 0 spiro atoms. The third kappa shape index (κ3) is 4.63. The first-order valence-corrected chi connectivity index (χ1v) is 9.40. The van der Waals surface area contributed by atoms with Gasteiger partial charge >= 0.3 is 5.97 Å². The average Bonchev–Trinajstić information content (AvgIpc) is 3.20. The van der Waals surface area contributed by atoms with Crippen molar-refractivity contribution in [1.82, 2.24) is 4.90 Å². The molecular weight excluding hydrogens is 358 g/mol. The van der Waals surface area contributed by atoms with E-state index in [0.717, 1.165) is 31.2 Å². The Hall–Kier alpha value is -3.02. The Morgan fingerprint density at radius 3 is 2.29 bits per heavy atom. The fourth-order valence-electron chi connectivity index (χ4n) is 3.41. The number of benzene rings is 2. The number of hydrogen-bond acceptors (Lipinski definition) is 4. The molecule has 1 aliphatic carbocycles. The zero-order valence-corrected chi connectivity index (χ0v) is 16.2. The van der Waals surface area contributed by atoms with Gasteiger partial charge in [0.05, 0.1) is 18.8 Å². The third-order valence-electron chi connectivity index (χ3n) is 4.97. The molecule has 0 unspecified atom stereocenters. The molecule has 1 amide bonds. The van der Waals surface area contributed by atoms with Crippen LogP contribution in [0.15, 0.2) is 42.5 Å². The molecule has 2 aromatic rings. The van der Waals surface area contributed by atoms with Gasteiger partial charge in [0.25, 0.3) is 5.91 Å². The van der Waals surface area contributed by atoms with Gasteiger partial charge in [-0.05, 0) is 61.6 Å². The maximum absolute atomic E-state index is 12.8. The number of aromatic carboxylic acids is 1.